The monoisotopic (exact) mass is 284 g/mol. The Hall–Kier alpha value is -1.75. The third-order valence-electron chi connectivity index (χ3n) is 2.54. The van der Waals surface area contributed by atoms with Crippen LogP contribution < -0.4 is 10.6 Å². The lowest BCUT2D eigenvalue weighted by Gasteiger charge is -2.09. The summed E-state index contributed by atoms with van der Waals surface area (Å²) in [5.74, 6) is -0.871. The summed E-state index contributed by atoms with van der Waals surface area (Å²) in [6.07, 6.45) is 1.27. The van der Waals surface area contributed by atoms with Gasteiger partial charge < -0.3 is 15.7 Å². The average Bonchev–Trinajstić information content (AvgIpc) is 2.35. The third-order valence-corrected chi connectivity index (χ3v) is 2.90. The van der Waals surface area contributed by atoms with Gasteiger partial charge in [0, 0.05) is 23.7 Å². The Labute approximate surface area is 117 Å². The van der Waals surface area contributed by atoms with E-state index >= 15 is 0 Å². The summed E-state index contributed by atoms with van der Waals surface area (Å²) in [5, 5.41) is 14.3. The number of nitrogens with one attached hydrogen (secondary N) is 2. The van der Waals surface area contributed by atoms with Crippen LogP contribution >= 0.6 is 11.6 Å². The number of carbonyl (C=O) groups is 2. The highest BCUT2D eigenvalue weighted by atomic mass is 35.5. The van der Waals surface area contributed by atoms with Crippen molar-refractivity contribution in [2.24, 2.45) is 0 Å². The zero-order valence-electron chi connectivity index (χ0n) is 10.7. The number of carboxylic acids is 1. The molecule has 0 aliphatic heterocycles. The second-order valence-electron chi connectivity index (χ2n) is 4.04. The summed E-state index contributed by atoms with van der Waals surface area (Å²) in [4.78, 5) is 21.8. The summed E-state index contributed by atoms with van der Waals surface area (Å²) >= 11 is 6.04. The number of carboxylic acid groups (broad SMARTS) is 1. The molecule has 19 heavy (non-hydrogen) atoms. The molecule has 0 heterocycles. The second kappa shape index (κ2) is 7.63. The van der Waals surface area contributed by atoms with Crippen molar-refractivity contribution in [3.8, 4) is 0 Å². The fourth-order valence-electron chi connectivity index (χ4n) is 1.53. The van der Waals surface area contributed by atoms with E-state index in [0.717, 1.165) is 12.0 Å². The van der Waals surface area contributed by atoms with E-state index in [1.807, 2.05) is 13.0 Å². The lowest BCUT2D eigenvalue weighted by molar-refractivity contribution is -0.137. The van der Waals surface area contributed by atoms with Gasteiger partial charge in [0.05, 0.1) is 0 Å². The van der Waals surface area contributed by atoms with Gasteiger partial charge in [-0.2, -0.15) is 0 Å². The summed E-state index contributed by atoms with van der Waals surface area (Å²) in [6.45, 7) is 2.32. The van der Waals surface area contributed by atoms with Crippen molar-refractivity contribution in [3.63, 3.8) is 0 Å². The maximum absolute atomic E-state index is 11.5. The summed E-state index contributed by atoms with van der Waals surface area (Å²) in [7, 11) is 0. The highest BCUT2D eigenvalue weighted by Gasteiger charge is 2.04. The van der Waals surface area contributed by atoms with Gasteiger partial charge in [0.15, 0.2) is 0 Å². The number of hydrogen-bond acceptors (Lipinski definition) is 2. The van der Waals surface area contributed by atoms with Gasteiger partial charge in [-0.15, -0.1) is 0 Å². The van der Waals surface area contributed by atoms with Crippen LogP contribution in [0.3, 0.4) is 0 Å². The molecule has 0 spiro atoms. The Morgan fingerprint density at radius 2 is 2.11 bits per heavy atom. The predicted octanol–water partition coefficient (Wildman–Crippen LogP) is 2.89. The van der Waals surface area contributed by atoms with Gasteiger partial charge in [-0.1, -0.05) is 24.6 Å². The summed E-state index contributed by atoms with van der Waals surface area (Å²) in [5.41, 5.74) is 1.63. The van der Waals surface area contributed by atoms with Crippen molar-refractivity contribution in [3.05, 3.63) is 28.8 Å². The van der Waals surface area contributed by atoms with Gasteiger partial charge in [-0.3, -0.25) is 4.79 Å². The molecule has 0 aliphatic rings. The van der Waals surface area contributed by atoms with Gasteiger partial charge in [-0.05, 0) is 30.5 Å². The van der Waals surface area contributed by atoms with Crippen LogP contribution in [0.4, 0.5) is 10.5 Å². The number of benzene rings is 1. The second-order valence-corrected chi connectivity index (χ2v) is 4.45. The van der Waals surface area contributed by atoms with Crippen molar-refractivity contribution in [1.29, 1.82) is 0 Å². The molecule has 2 amide bonds. The Bertz CT molecular complexity index is 463. The van der Waals surface area contributed by atoms with E-state index < -0.39 is 5.97 Å². The lowest BCUT2D eigenvalue weighted by Crippen LogP contribution is -2.29. The number of rotatable bonds is 6. The largest absolute Gasteiger partial charge is 0.481 e. The molecule has 3 N–H and O–H groups in total. The molecule has 0 bridgehead atoms. The maximum Gasteiger partial charge on any atom is 0.319 e. The summed E-state index contributed by atoms with van der Waals surface area (Å²) < 4.78 is 0. The molecule has 104 valence electrons. The van der Waals surface area contributed by atoms with Gasteiger partial charge >= 0.3 is 12.0 Å². The number of anilines is 1. The highest BCUT2D eigenvalue weighted by Crippen LogP contribution is 2.21. The molecule has 1 aromatic rings. The smallest absolute Gasteiger partial charge is 0.319 e. The van der Waals surface area contributed by atoms with Crippen LogP contribution in [0.25, 0.3) is 0 Å². The number of aryl methyl sites for hydroxylation is 1. The van der Waals surface area contributed by atoms with E-state index in [4.69, 9.17) is 16.7 Å². The van der Waals surface area contributed by atoms with E-state index in [2.05, 4.69) is 10.6 Å². The third kappa shape index (κ3) is 5.61. The molecular formula is C13H17ClN2O3. The first kappa shape index (κ1) is 15.3. The van der Waals surface area contributed by atoms with E-state index in [0.29, 0.717) is 23.7 Å². The molecule has 0 aromatic heterocycles. The zero-order valence-corrected chi connectivity index (χ0v) is 11.5. The Kier molecular flexibility index (Phi) is 6.15. The first-order chi connectivity index (χ1) is 9.02. The lowest BCUT2D eigenvalue weighted by atomic mass is 10.1. The van der Waals surface area contributed by atoms with Crippen molar-refractivity contribution >= 4 is 29.3 Å². The first-order valence-corrected chi connectivity index (χ1v) is 6.45. The van der Waals surface area contributed by atoms with Crippen molar-refractivity contribution in [2.75, 3.05) is 11.9 Å². The fourth-order valence-corrected chi connectivity index (χ4v) is 1.84. The number of hydrogen-bond donors (Lipinski definition) is 3. The molecule has 0 fully saturated rings. The Balaban J connectivity index is 2.40. The molecule has 1 rings (SSSR count). The van der Waals surface area contributed by atoms with E-state index in [9.17, 15) is 9.59 Å². The number of aliphatic carboxylic acids is 1. The quantitative estimate of drug-likeness (QED) is 0.703. The molecule has 5 nitrogen and oxygen atoms in total. The minimum atomic E-state index is -0.871. The number of urea groups is 1. The number of amides is 2. The Morgan fingerprint density at radius 3 is 2.68 bits per heavy atom. The fraction of sp³-hybridized carbons (Fsp3) is 0.385. The molecule has 6 heteroatoms. The van der Waals surface area contributed by atoms with Crippen LogP contribution in [0.1, 0.15) is 25.3 Å². The minimum absolute atomic E-state index is 0.0390. The van der Waals surface area contributed by atoms with E-state index in [1.54, 1.807) is 12.1 Å². The predicted molar refractivity (Wildman–Crippen MR) is 74.7 cm³/mol. The molecule has 1 aromatic carbocycles. The SMILES string of the molecule is CCc1ccc(NC(=O)NCCCC(=O)O)cc1Cl. The normalized spacial score (nSPS) is 10.0. The van der Waals surface area contributed by atoms with Gasteiger partial charge in [-0.25, -0.2) is 4.79 Å². The van der Waals surface area contributed by atoms with Crippen molar-refractivity contribution < 1.29 is 14.7 Å². The molecular weight excluding hydrogens is 268 g/mol. The molecule has 0 radical (unpaired) electrons. The van der Waals surface area contributed by atoms with Crippen LogP contribution in [0.5, 0.6) is 0 Å². The minimum Gasteiger partial charge on any atom is -0.481 e. The van der Waals surface area contributed by atoms with Crippen LogP contribution in [-0.2, 0) is 11.2 Å². The molecule has 0 atom stereocenters. The van der Waals surface area contributed by atoms with Gasteiger partial charge in [0.25, 0.3) is 0 Å². The molecule has 0 unspecified atom stereocenters. The van der Waals surface area contributed by atoms with Gasteiger partial charge in [0.2, 0.25) is 0 Å². The van der Waals surface area contributed by atoms with Crippen LogP contribution in [0.2, 0.25) is 5.02 Å². The molecule has 0 saturated carbocycles. The van der Waals surface area contributed by atoms with E-state index in [1.165, 1.54) is 0 Å². The maximum atomic E-state index is 11.5. The van der Waals surface area contributed by atoms with Crippen molar-refractivity contribution in [1.82, 2.24) is 5.32 Å². The summed E-state index contributed by atoms with van der Waals surface area (Å²) in [6, 6.07) is 4.96. The number of carbonyl (C=O) groups excluding carboxylic acids is 1. The first-order valence-electron chi connectivity index (χ1n) is 6.08. The van der Waals surface area contributed by atoms with Crippen LogP contribution in [0.15, 0.2) is 18.2 Å². The standard InChI is InChI=1S/C13H17ClN2O3/c1-2-9-5-6-10(8-11(9)14)16-13(19)15-7-3-4-12(17)18/h5-6,8H,2-4,7H2,1H3,(H,17,18)(H2,15,16,19). The van der Waals surface area contributed by atoms with E-state index in [-0.39, 0.29) is 12.5 Å². The topological polar surface area (TPSA) is 78.4 Å². The van der Waals surface area contributed by atoms with Crippen LogP contribution in [-0.4, -0.2) is 23.7 Å². The number of halogens is 1. The van der Waals surface area contributed by atoms with Gasteiger partial charge in [0.1, 0.15) is 0 Å². The van der Waals surface area contributed by atoms with Crippen molar-refractivity contribution in [2.45, 2.75) is 26.2 Å². The Morgan fingerprint density at radius 1 is 1.37 bits per heavy atom. The molecule has 0 aliphatic carbocycles. The van der Waals surface area contributed by atoms with Crippen LogP contribution in [0, 0.1) is 0 Å². The molecule has 0 saturated heterocycles. The highest BCUT2D eigenvalue weighted by molar-refractivity contribution is 6.31. The zero-order chi connectivity index (χ0) is 14.3. The average molecular weight is 285 g/mol.